The van der Waals surface area contributed by atoms with Crippen molar-refractivity contribution in [2.24, 2.45) is 0 Å². The third kappa shape index (κ3) is 3.53. The highest BCUT2D eigenvalue weighted by atomic mass is 32.2. The lowest BCUT2D eigenvalue weighted by atomic mass is 10.5. The number of hydrogen-bond donors (Lipinski definition) is 1. The summed E-state index contributed by atoms with van der Waals surface area (Å²) in [5.41, 5.74) is 0. The van der Waals surface area contributed by atoms with E-state index in [1.54, 1.807) is 6.20 Å². The van der Waals surface area contributed by atoms with Crippen LogP contribution in [0.25, 0.3) is 0 Å². The summed E-state index contributed by atoms with van der Waals surface area (Å²) >= 11 is 1.82. The maximum Gasteiger partial charge on any atom is 0.180 e. The molecule has 1 fully saturated rings. The van der Waals surface area contributed by atoms with Gasteiger partial charge in [-0.05, 0) is 6.42 Å². The summed E-state index contributed by atoms with van der Waals surface area (Å²) in [6.45, 7) is 1.21. The first-order valence-electron chi connectivity index (χ1n) is 3.17. The van der Waals surface area contributed by atoms with Gasteiger partial charge in [0, 0.05) is 12.3 Å². The van der Waals surface area contributed by atoms with Crippen LogP contribution in [0.5, 0.6) is 0 Å². The molecular weight excluding hydrogens is 148 g/mol. The minimum absolute atomic E-state index is 1.21. The van der Waals surface area contributed by atoms with Gasteiger partial charge in [-0.3, -0.25) is 4.72 Å². The maximum atomic E-state index is 4.47. The van der Waals surface area contributed by atoms with E-state index in [4.69, 9.17) is 0 Å². The molecule has 10 heavy (non-hydrogen) atoms. The Hall–Kier alpha value is -0.480. The zero-order chi connectivity index (χ0) is 7.07. The van der Waals surface area contributed by atoms with Gasteiger partial charge in [0.15, 0.2) is 6.39 Å². The van der Waals surface area contributed by atoms with Gasteiger partial charge in [0.1, 0.15) is 6.26 Å². The van der Waals surface area contributed by atoms with E-state index in [2.05, 4.69) is 14.1 Å². The molecule has 4 heteroatoms. The summed E-state index contributed by atoms with van der Waals surface area (Å²) < 4.78 is 7.61. The summed E-state index contributed by atoms with van der Waals surface area (Å²) in [5.74, 6) is 1.31. The van der Waals surface area contributed by atoms with E-state index in [9.17, 15) is 0 Å². The lowest BCUT2D eigenvalue weighted by molar-refractivity contribution is 0.558. The van der Waals surface area contributed by atoms with Crippen LogP contribution in [0.4, 0.5) is 0 Å². The lowest BCUT2D eigenvalue weighted by Gasteiger charge is -1.75. The Labute approximate surface area is 64.3 Å². The van der Waals surface area contributed by atoms with Crippen molar-refractivity contribution >= 4 is 11.9 Å². The summed E-state index contributed by atoms with van der Waals surface area (Å²) in [4.78, 5) is 3.56. The van der Waals surface area contributed by atoms with Gasteiger partial charge < -0.3 is 4.42 Å². The predicted molar refractivity (Wildman–Crippen MR) is 41.6 cm³/mol. The van der Waals surface area contributed by atoms with Crippen molar-refractivity contribution in [3.05, 3.63) is 18.9 Å². The fourth-order valence-electron chi connectivity index (χ4n) is 0.537. The van der Waals surface area contributed by atoms with E-state index < -0.39 is 0 Å². The summed E-state index contributed by atoms with van der Waals surface area (Å²) in [6, 6.07) is 0. The monoisotopic (exact) mass is 158 g/mol. The highest BCUT2D eigenvalue weighted by molar-refractivity contribution is 7.97. The summed E-state index contributed by atoms with van der Waals surface area (Å²) in [7, 11) is 0. The second kappa shape index (κ2) is 5.32. The van der Waals surface area contributed by atoms with Gasteiger partial charge in [0.05, 0.1) is 6.20 Å². The number of oxazole rings is 1. The second-order valence-electron chi connectivity index (χ2n) is 1.77. The Kier molecular flexibility index (Phi) is 4.05. The van der Waals surface area contributed by atoms with Gasteiger partial charge in [0.25, 0.3) is 0 Å². The molecule has 2 heterocycles. The summed E-state index contributed by atoms with van der Waals surface area (Å²) in [5, 5.41) is 0. The molecule has 0 aromatic carbocycles. The van der Waals surface area contributed by atoms with E-state index in [1.165, 1.54) is 31.4 Å². The molecule has 1 aromatic heterocycles. The maximum absolute atomic E-state index is 4.47. The topological polar surface area (TPSA) is 38.1 Å². The van der Waals surface area contributed by atoms with E-state index in [1.807, 2.05) is 11.9 Å². The molecule has 0 amide bonds. The van der Waals surface area contributed by atoms with Gasteiger partial charge in [-0.25, -0.2) is 4.98 Å². The number of aromatic nitrogens is 1. The van der Waals surface area contributed by atoms with Gasteiger partial charge in [-0.2, -0.15) is 0 Å². The smallest absolute Gasteiger partial charge is 0.180 e. The van der Waals surface area contributed by atoms with E-state index in [0.29, 0.717) is 0 Å². The van der Waals surface area contributed by atoms with E-state index in [-0.39, 0.29) is 0 Å². The average molecular weight is 158 g/mol. The molecule has 1 saturated heterocycles. The molecule has 0 atom stereocenters. The third-order valence-corrected chi connectivity index (χ3v) is 1.88. The quantitative estimate of drug-likeness (QED) is 0.578. The minimum Gasteiger partial charge on any atom is -0.452 e. The first-order chi connectivity index (χ1) is 5.00. The Morgan fingerprint density at radius 2 is 2.60 bits per heavy atom. The van der Waals surface area contributed by atoms with E-state index in [0.717, 1.165) is 0 Å². The molecule has 0 saturated carbocycles. The Morgan fingerprint density at radius 3 is 2.80 bits per heavy atom. The van der Waals surface area contributed by atoms with Crippen LogP contribution in [-0.4, -0.2) is 17.3 Å². The molecule has 0 radical (unpaired) electrons. The van der Waals surface area contributed by atoms with Crippen LogP contribution in [0, 0.1) is 0 Å². The zero-order valence-electron chi connectivity index (χ0n) is 5.62. The molecule has 0 unspecified atom stereocenters. The molecule has 1 aromatic rings. The first-order valence-corrected chi connectivity index (χ1v) is 4.15. The lowest BCUT2D eigenvalue weighted by Crippen LogP contribution is -1.91. The Morgan fingerprint density at radius 1 is 1.60 bits per heavy atom. The van der Waals surface area contributed by atoms with Crippen LogP contribution >= 0.6 is 11.9 Å². The molecule has 0 bridgehead atoms. The van der Waals surface area contributed by atoms with Crippen LogP contribution < -0.4 is 4.72 Å². The van der Waals surface area contributed by atoms with Crippen LogP contribution in [0.1, 0.15) is 6.42 Å². The standard InChI is InChI=1S/C3H3NO.C3H7NS/c1-2-5-3-4-1;1-2-4-5-3-1/h1-3H;4H,1-3H2. The van der Waals surface area contributed by atoms with Gasteiger partial charge in [-0.1, -0.05) is 11.9 Å². The number of nitrogens with zero attached hydrogens (tertiary/aromatic N) is 1. The van der Waals surface area contributed by atoms with Gasteiger partial charge in [0.2, 0.25) is 0 Å². The largest absolute Gasteiger partial charge is 0.452 e. The molecule has 1 N–H and O–H groups in total. The van der Waals surface area contributed by atoms with Crippen molar-refractivity contribution in [3.63, 3.8) is 0 Å². The minimum atomic E-state index is 1.21. The van der Waals surface area contributed by atoms with Crippen molar-refractivity contribution in [2.45, 2.75) is 6.42 Å². The van der Waals surface area contributed by atoms with Crippen molar-refractivity contribution in [1.82, 2.24) is 9.71 Å². The highest BCUT2D eigenvalue weighted by Gasteiger charge is 1.94. The van der Waals surface area contributed by atoms with Crippen LogP contribution in [0.15, 0.2) is 23.3 Å². The molecule has 0 aliphatic carbocycles. The predicted octanol–water partition coefficient (Wildman–Crippen LogP) is 1.30. The molecule has 3 nitrogen and oxygen atoms in total. The molecular formula is C6H10N2OS. The average Bonchev–Trinajstić information content (AvgIpc) is 2.67. The van der Waals surface area contributed by atoms with Crippen LogP contribution in [0.3, 0.4) is 0 Å². The van der Waals surface area contributed by atoms with Crippen LogP contribution in [-0.2, 0) is 0 Å². The third-order valence-electron chi connectivity index (χ3n) is 0.975. The van der Waals surface area contributed by atoms with Crippen molar-refractivity contribution in [2.75, 3.05) is 12.3 Å². The SMILES string of the molecule is C1CNSC1.c1cocn1. The van der Waals surface area contributed by atoms with Crippen molar-refractivity contribution in [1.29, 1.82) is 0 Å². The normalized spacial score (nSPS) is 16.0. The number of hydrogen-bond acceptors (Lipinski definition) is 4. The Balaban J connectivity index is 0.0000001000. The van der Waals surface area contributed by atoms with Crippen LogP contribution in [0.2, 0.25) is 0 Å². The summed E-state index contributed by atoms with van der Waals surface area (Å²) in [6.07, 6.45) is 5.82. The van der Waals surface area contributed by atoms with Gasteiger partial charge >= 0.3 is 0 Å². The first kappa shape index (κ1) is 7.63. The second-order valence-corrected chi connectivity index (χ2v) is 2.76. The Bertz CT molecular complexity index is 115. The van der Waals surface area contributed by atoms with E-state index >= 15 is 0 Å². The number of rotatable bonds is 0. The molecule has 56 valence electrons. The van der Waals surface area contributed by atoms with Crippen molar-refractivity contribution < 1.29 is 4.42 Å². The molecule has 1 aliphatic rings. The highest BCUT2D eigenvalue weighted by Crippen LogP contribution is 2.02. The fourth-order valence-corrected chi connectivity index (χ4v) is 1.26. The molecule has 1 aliphatic heterocycles. The fraction of sp³-hybridized carbons (Fsp3) is 0.500. The molecule has 0 spiro atoms. The number of nitrogens with one attached hydrogen (secondary N) is 1. The molecule has 2 rings (SSSR count). The zero-order valence-corrected chi connectivity index (χ0v) is 6.43. The van der Waals surface area contributed by atoms with Crippen molar-refractivity contribution in [3.8, 4) is 0 Å². The van der Waals surface area contributed by atoms with Gasteiger partial charge in [-0.15, -0.1) is 0 Å².